The molecule has 0 bridgehead atoms. The average molecular weight is 230 g/mol. The third kappa shape index (κ3) is 7.65. The highest BCUT2D eigenvalue weighted by Gasteiger charge is 2.06. The monoisotopic (exact) mass is 230 g/mol. The van der Waals surface area contributed by atoms with Crippen LogP contribution in [0.5, 0.6) is 0 Å². The first-order chi connectivity index (χ1) is 7.61. The molecule has 1 unspecified atom stereocenters. The van der Waals surface area contributed by atoms with E-state index in [1.807, 2.05) is 13.8 Å². The van der Waals surface area contributed by atoms with Gasteiger partial charge < -0.3 is 15.4 Å². The number of carbonyl (C=O) groups is 1. The van der Waals surface area contributed by atoms with Crippen molar-refractivity contribution in [3.63, 3.8) is 0 Å². The summed E-state index contributed by atoms with van der Waals surface area (Å²) >= 11 is 0. The molecule has 0 rings (SSSR count). The maximum absolute atomic E-state index is 11.2. The van der Waals surface area contributed by atoms with E-state index >= 15 is 0 Å². The maximum Gasteiger partial charge on any atom is 0.222 e. The van der Waals surface area contributed by atoms with E-state index < -0.39 is 0 Å². The van der Waals surface area contributed by atoms with Gasteiger partial charge in [0.05, 0.1) is 6.61 Å². The van der Waals surface area contributed by atoms with Gasteiger partial charge in [-0.05, 0) is 19.4 Å². The van der Waals surface area contributed by atoms with Crippen LogP contribution in [0.1, 0.15) is 33.6 Å². The molecule has 4 nitrogen and oxygen atoms in total. The third-order valence-electron chi connectivity index (χ3n) is 2.47. The topological polar surface area (TPSA) is 50.4 Å². The van der Waals surface area contributed by atoms with Crippen LogP contribution >= 0.6 is 0 Å². The molecule has 0 aliphatic carbocycles. The number of rotatable bonds is 9. The molecular weight excluding hydrogens is 204 g/mol. The molecule has 0 aliphatic heterocycles. The first kappa shape index (κ1) is 15.4. The number of hydrogen-bond donors (Lipinski definition) is 2. The molecule has 16 heavy (non-hydrogen) atoms. The van der Waals surface area contributed by atoms with Gasteiger partial charge in [0.2, 0.25) is 5.91 Å². The molecule has 2 N–H and O–H groups in total. The zero-order chi connectivity index (χ0) is 12.4. The molecule has 0 aliphatic rings. The SMILES string of the molecule is CCC(COC)NCCCNC(=O)C(C)C. The lowest BCUT2D eigenvalue weighted by atomic mass is 10.2. The smallest absolute Gasteiger partial charge is 0.222 e. The molecule has 0 aromatic heterocycles. The summed E-state index contributed by atoms with van der Waals surface area (Å²) in [5.41, 5.74) is 0. The van der Waals surface area contributed by atoms with Gasteiger partial charge in [0, 0.05) is 25.6 Å². The molecular formula is C12H26N2O2. The molecule has 0 fully saturated rings. The molecule has 0 aromatic rings. The van der Waals surface area contributed by atoms with E-state index in [0.29, 0.717) is 6.04 Å². The number of amides is 1. The van der Waals surface area contributed by atoms with Crippen LogP contribution in [-0.2, 0) is 9.53 Å². The van der Waals surface area contributed by atoms with Crippen LogP contribution in [0.2, 0.25) is 0 Å². The van der Waals surface area contributed by atoms with Crippen molar-refractivity contribution in [2.45, 2.75) is 39.7 Å². The van der Waals surface area contributed by atoms with Gasteiger partial charge in [0.1, 0.15) is 0 Å². The van der Waals surface area contributed by atoms with Crippen LogP contribution in [0.4, 0.5) is 0 Å². The van der Waals surface area contributed by atoms with Crippen molar-refractivity contribution in [1.29, 1.82) is 0 Å². The predicted octanol–water partition coefficient (Wildman–Crippen LogP) is 1.16. The second kappa shape index (κ2) is 9.60. The first-order valence-electron chi connectivity index (χ1n) is 6.11. The van der Waals surface area contributed by atoms with Gasteiger partial charge >= 0.3 is 0 Å². The third-order valence-corrected chi connectivity index (χ3v) is 2.47. The van der Waals surface area contributed by atoms with E-state index in [4.69, 9.17) is 4.74 Å². The lowest BCUT2D eigenvalue weighted by molar-refractivity contribution is -0.123. The highest BCUT2D eigenvalue weighted by molar-refractivity contribution is 5.77. The van der Waals surface area contributed by atoms with Crippen molar-refractivity contribution in [3.05, 3.63) is 0 Å². The summed E-state index contributed by atoms with van der Waals surface area (Å²) in [5, 5.41) is 6.29. The van der Waals surface area contributed by atoms with Gasteiger partial charge in [-0.1, -0.05) is 20.8 Å². The molecule has 0 heterocycles. The average Bonchev–Trinajstić information content (AvgIpc) is 2.26. The van der Waals surface area contributed by atoms with E-state index in [9.17, 15) is 4.79 Å². The van der Waals surface area contributed by atoms with Crippen molar-refractivity contribution in [3.8, 4) is 0 Å². The van der Waals surface area contributed by atoms with E-state index in [1.54, 1.807) is 7.11 Å². The fourth-order valence-corrected chi connectivity index (χ4v) is 1.33. The standard InChI is InChI=1S/C12H26N2O2/c1-5-11(9-16-4)13-7-6-8-14-12(15)10(2)3/h10-11,13H,5-9H2,1-4H3,(H,14,15). The summed E-state index contributed by atoms with van der Waals surface area (Å²) in [7, 11) is 1.72. The van der Waals surface area contributed by atoms with Crippen LogP contribution in [0.3, 0.4) is 0 Å². The normalized spacial score (nSPS) is 12.8. The second-order valence-corrected chi connectivity index (χ2v) is 4.31. The Morgan fingerprint density at radius 2 is 2.00 bits per heavy atom. The van der Waals surface area contributed by atoms with E-state index in [-0.39, 0.29) is 11.8 Å². The van der Waals surface area contributed by atoms with E-state index in [0.717, 1.165) is 32.5 Å². The summed E-state index contributed by atoms with van der Waals surface area (Å²) in [5.74, 6) is 0.203. The minimum Gasteiger partial charge on any atom is -0.383 e. The van der Waals surface area contributed by atoms with Crippen molar-refractivity contribution < 1.29 is 9.53 Å². The maximum atomic E-state index is 11.2. The Balaban J connectivity index is 3.41. The molecule has 0 radical (unpaired) electrons. The molecule has 96 valence electrons. The Kier molecular flexibility index (Phi) is 9.24. The number of nitrogens with one attached hydrogen (secondary N) is 2. The van der Waals surface area contributed by atoms with Crippen molar-refractivity contribution in [2.24, 2.45) is 5.92 Å². The Labute approximate surface area is 99.1 Å². The Bertz CT molecular complexity index is 184. The lowest BCUT2D eigenvalue weighted by Gasteiger charge is -2.15. The highest BCUT2D eigenvalue weighted by Crippen LogP contribution is 1.92. The van der Waals surface area contributed by atoms with Crippen molar-refractivity contribution in [2.75, 3.05) is 26.8 Å². The fourth-order valence-electron chi connectivity index (χ4n) is 1.33. The second-order valence-electron chi connectivity index (χ2n) is 4.31. The van der Waals surface area contributed by atoms with Crippen LogP contribution in [-0.4, -0.2) is 38.8 Å². The van der Waals surface area contributed by atoms with Gasteiger partial charge in [-0.15, -0.1) is 0 Å². The highest BCUT2D eigenvalue weighted by atomic mass is 16.5. The summed E-state index contributed by atoms with van der Waals surface area (Å²) in [6, 6.07) is 0.422. The summed E-state index contributed by atoms with van der Waals surface area (Å²) in [6.07, 6.45) is 2.02. The fraction of sp³-hybridized carbons (Fsp3) is 0.917. The molecule has 0 saturated carbocycles. The molecule has 0 saturated heterocycles. The minimum absolute atomic E-state index is 0.0739. The summed E-state index contributed by atoms with van der Waals surface area (Å²) < 4.78 is 5.09. The Hall–Kier alpha value is -0.610. The Morgan fingerprint density at radius 3 is 2.50 bits per heavy atom. The van der Waals surface area contributed by atoms with Crippen LogP contribution in [0.25, 0.3) is 0 Å². The molecule has 0 aromatic carbocycles. The zero-order valence-electron chi connectivity index (χ0n) is 11.0. The quantitative estimate of drug-likeness (QED) is 0.584. The van der Waals surface area contributed by atoms with Gasteiger partial charge in [0.25, 0.3) is 0 Å². The predicted molar refractivity (Wildman–Crippen MR) is 66.4 cm³/mol. The Morgan fingerprint density at radius 1 is 1.31 bits per heavy atom. The van der Waals surface area contributed by atoms with Crippen LogP contribution in [0, 0.1) is 5.92 Å². The van der Waals surface area contributed by atoms with Gasteiger partial charge in [0.15, 0.2) is 0 Å². The molecule has 1 amide bonds. The van der Waals surface area contributed by atoms with Crippen molar-refractivity contribution >= 4 is 5.91 Å². The first-order valence-corrected chi connectivity index (χ1v) is 6.11. The molecule has 1 atom stereocenters. The van der Waals surface area contributed by atoms with Gasteiger partial charge in [-0.2, -0.15) is 0 Å². The van der Waals surface area contributed by atoms with Crippen LogP contribution < -0.4 is 10.6 Å². The summed E-state index contributed by atoms with van der Waals surface area (Å²) in [6.45, 7) is 8.35. The number of methoxy groups -OCH3 is 1. The van der Waals surface area contributed by atoms with E-state index in [2.05, 4.69) is 17.6 Å². The summed E-state index contributed by atoms with van der Waals surface area (Å²) in [4.78, 5) is 11.2. The molecule has 0 spiro atoms. The number of hydrogen-bond acceptors (Lipinski definition) is 3. The minimum atomic E-state index is 0.0739. The zero-order valence-corrected chi connectivity index (χ0v) is 11.0. The lowest BCUT2D eigenvalue weighted by Crippen LogP contribution is -2.35. The number of ether oxygens (including phenoxy) is 1. The van der Waals surface area contributed by atoms with Crippen molar-refractivity contribution in [1.82, 2.24) is 10.6 Å². The molecule has 4 heteroatoms. The van der Waals surface area contributed by atoms with E-state index in [1.165, 1.54) is 0 Å². The largest absolute Gasteiger partial charge is 0.383 e. The number of carbonyl (C=O) groups excluding carboxylic acids is 1. The van der Waals surface area contributed by atoms with Gasteiger partial charge in [-0.25, -0.2) is 0 Å². The van der Waals surface area contributed by atoms with Gasteiger partial charge in [-0.3, -0.25) is 4.79 Å². The van der Waals surface area contributed by atoms with Crippen LogP contribution in [0.15, 0.2) is 0 Å².